The van der Waals surface area contributed by atoms with E-state index in [1.807, 2.05) is 0 Å². The summed E-state index contributed by atoms with van der Waals surface area (Å²) in [7, 11) is 0. The zero-order valence-electron chi connectivity index (χ0n) is 28.2. The van der Waals surface area contributed by atoms with Crippen LogP contribution in [0.2, 0.25) is 0 Å². The highest BCUT2D eigenvalue weighted by atomic mass is 16.7. The summed E-state index contributed by atoms with van der Waals surface area (Å²) in [5, 5.41) is 2.71. The highest BCUT2D eigenvalue weighted by molar-refractivity contribution is 5.88. The first-order chi connectivity index (χ1) is 23.2. The van der Waals surface area contributed by atoms with Crippen molar-refractivity contribution in [3.63, 3.8) is 0 Å². The summed E-state index contributed by atoms with van der Waals surface area (Å²) in [4.78, 5) is 11.0. The molecule has 1 amide bonds. The molecule has 1 saturated heterocycles. The first-order valence-corrected chi connectivity index (χ1v) is 16.7. The fourth-order valence-corrected chi connectivity index (χ4v) is 4.00. The standard InChI is InChI=1S/C33H57NO13/c1-30(35)34-31-5-7-32(8-6-31)45-28-26-43-24-22-41-20-18-39-16-14-37-12-10-36-11-13-38-15-17-40-19-21-42-23-25-44-27-29-47-33-4-2-3-9-46-33/h5-8,33H,2-4,9-29H2,1H3,(H,34,35). The van der Waals surface area contributed by atoms with Crippen molar-refractivity contribution in [1.29, 1.82) is 0 Å². The van der Waals surface area contributed by atoms with Crippen molar-refractivity contribution in [3.8, 4) is 5.75 Å². The molecule has 0 saturated carbocycles. The van der Waals surface area contributed by atoms with Crippen LogP contribution in [0.5, 0.6) is 5.75 Å². The van der Waals surface area contributed by atoms with E-state index >= 15 is 0 Å². The smallest absolute Gasteiger partial charge is 0.221 e. The minimum absolute atomic E-state index is 0.0688. The molecule has 14 heteroatoms. The first-order valence-electron chi connectivity index (χ1n) is 16.7. The van der Waals surface area contributed by atoms with E-state index < -0.39 is 0 Å². The minimum atomic E-state index is -0.107. The second kappa shape index (κ2) is 31.3. The number of amides is 1. The van der Waals surface area contributed by atoms with Gasteiger partial charge in [0.1, 0.15) is 12.4 Å². The third kappa shape index (κ3) is 26.7. The van der Waals surface area contributed by atoms with Crippen LogP contribution in [0, 0.1) is 0 Å². The van der Waals surface area contributed by atoms with Gasteiger partial charge in [-0.15, -0.1) is 0 Å². The van der Waals surface area contributed by atoms with Crippen molar-refractivity contribution in [3.05, 3.63) is 24.3 Å². The van der Waals surface area contributed by atoms with Gasteiger partial charge in [-0.05, 0) is 43.5 Å². The lowest BCUT2D eigenvalue weighted by atomic mass is 10.2. The number of carbonyl (C=O) groups excluding carboxylic acids is 1. The van der Waals surface area contributed by atoms with Crippen LogP contribution < -0.4 is 10.1 Å². The molecule has 1 heterocycles. The van der Waals surface area contributed by atoms with Crippen LogP contribution in [0.3, 0.4) is 0 Å². The second-order valence-electron chi connectivity index (χ2n) is 10.2. The zero-order chi connectivity index (χ0) is 33.3. The normalized spacial score (nSPS) is 14.8. The lowest BCUT2D eigenvalue weighted by molar-refractivity contribution is -0.169. The lowest BCUT2D eigenvalue weighted by Crippen LogP contribution is -2.24. The third-order valence-corrected chi connectivity index (χ3v) is 6.32. The number of carbonyl (C=O) groups is 1. The molecule has 1 aliphatic rings. The van der Waals surface area contributed by atoms with Crippen LogP contribution in [0.1, 0.15) is 26.2 Å². The number of anilines is 1. The van der Waals surface area contributed by atoms with Crippen molar-refractivity contribution >= 4 is 11.6 Å². The van der Waals surface area contributed by atoms with Crippen molar-refractivity contribution in [2.75, 3.05) is 144 Å². The number of rotatable bonds is 33. The van der Waals surface area contributed by atoms with E-state index in [0.29, 0.717) is 132 Å². The van der Waals surface area contributed by atoms with Gasteiger partial charge >= 0.3 is 0 Å². The molecule has 1 atom stereocenters. The maximum Gasteiger partial charge on any atom is 0.221 e. The van der Waals surface area contributed by atoms with Gasteiger partial charge in [-0.3, -0.25) is 4.79 Å². The molecular formula is C33H57NO13. The molecule has 1 aromatic carbocycles. The Balaban J connectivity index is 1.16. The maximum atomic E-state index is 11.0. The monoisotopic (exact) mass is 675 g/mol. The molecule has 0 spiro atoms. The Morgan fingerprint density at radius 1 is 0.574 bits per heavy atom. The molecule has 2 rings (SSSR count). The van der Waals surface area contributed by atoms with Gasteiger partial charge in [0.05, 0.1) is 126 Å². The fourth-order valence-electron chi connectivity index (χ4n) is 4.00. The van der Waals surface area contributed by atoms with Crippen LogP contribution in [-0.2, 0) is 56.9 Å². The summed E-state index contributed by atoms with van der Waals surface area (Å²) in [5.41, 5.74) is 0.732. The van der Waals surface area contributed by atoms with Crippen molar-refractivity contribution in [2.24, 2.45) is 0 Å². The van der Waals surface area contributed by atoms with Gasteiger partial charge in [0, 0.05) is 19.2 Å². The summed E-state index contributed by atoms with van der Waals surface area (Å²) in [6.07, 6.45) is 3.18. The summed E-state index contributed by atoms with van der Waals surface area (Å²) < 4.78 is 66.1. The zero-order valence-corrected chi connectivity index (χ0v) is 28.2. The van der Waals surface area contributed by atoms with E-state index in [-0.39, 0.29) is 12.2 Å². The third-order valence-electron chi connectivity index (χ3n) is 6.32. The van der Waals surface area contributed by atoms with Crippen LogP contribution in [-0.4, -0.2) is 151 Å². The molecule has 0 aliphatic carbocycles. The number of benzene rings is 1. The molecule has 272 valence electrons. The second-order valence-corrected chi connectivity index (χ2v) is 10.2. The number of ether oxygens (including phenoxy) is 12. The van der Waals surface area contributed by atoms with E-state index in [1.165, 1.54) is 6.92 Å². The van der Waals surface area contributed by atoms with Gasteiger partial charge in [-0.25, -0.2) is 0 Å². The highest BCUT2D eigenvalue weighted by Gasteiger charge is 2.13. The predicted molar refractivity (Wildman–Crippen MR) is 173 cm³/mol. The number of nitrogens with one attached hydrogen (secondary N) is 1. The highest BCUT2D eigenvalue weighted by Crippen LogP contribution is 2.15. The van der Waals surface area contributed by atoms with Gasteiger partial charge in [-0.2, -0.15) is 0 Å². The van der Waals surface area contributed by atoms with Crippen molar-refractivity contribution in [2.45, 2.75) is 32.5 Å². The molecular weight excluding hydrogens is 618 g/mol. The first kappa shape index (κ1) is 41.2. The molecule has 47 heavy (non-hydrogen) atoms. The summed E-state index contributed by atoms with van der Waals surface area (Å²) in [6.45, 7) is 12.3. The van der Waals surface area contributed by atoms with Gasteiger partial charge in [0.15, 0.2) is 6.29 Å². The van der Waals surface area contributed by atoms with Gasteiger partial charge in [-0.1, -0.05) is 0 Å². The van der Waals surface area contributed by atoms with Crippen LogP contribution in [0.25, 0.3) is 0 Å². The van der Waals surface area contributed by atoms with Crippen LogP contribution in [0.4, 0.5) is 5.69 Å². The molecule has 0 radical (unpaired) electrons. The molecule has 1 N–H and O–H groups in total. The Morgan fingerprint density at radius 2 is 0.957 bits per heavy atom. The Labute approximate surface area is 279 Å². The van der Waals surface area contributed by atoms with Crippen molar-refractivity contribution in [1.82, 2.24) is 0 Å². The predicted octanol–water partition coefficient (Wildman–Crippen LogP) is 2.72. The molecule has 1 unspecified atom stereocenters. The number of hydrogen-bond donors (Lipinski definition) is 1. The Bertz CT molecular complexity index is 827. The van der Waals surface area contributed by atoms with E-state index in [0.717, 1.165) is 37.3 Å². The van der Waals surface area contributed by atoms with Crippen LogP contribution in [0.15, 0.2) is 24.3 Å². The molecule has 0 aromatic heterocycles. The van der Waals surface area contributed by atoms with Gasteiger partial charge in [0.2, 0.25) is 5.91 Å². The average molecular weight is 676 g/mol. The molecule has 1 aromatic rings. The summed E-state index contributed by atoms with van der Waals surface area (Å²) >= 11 is 0. The van der Waals surface area contributed by atoms with Gasteiger partial charge < -0.3 is 62.2 Å². The van der Waals surface area contributed by atoms with E-state index in [1.54, 1.807) is 24.3 Å². The Morgan fingerprint density at radius 3 is 1.32 bits per heavy atom. The van der Waals surface area contributed by atoms with Crippen molar-refractivity contribution < 1.29 is 61.6 Å². The Hall–Kier alpha value is -1.95. The van der Waals surface area contributed by atoms with E-state index in [4.69, 9.17) is 56.8 Å². The SMILES string of the molecule is CC(=O)Nc1ccc(OCCOCCOCCOCCOCCOCCOCCOCCOCCOCCOC2CCCCO2)cc1. The van der Waals surface area contributed by atoms with E-state index in [2.05, 4.69) is 5.32 Å². The minimum Gasteiger partial charge on any atom is -0.491 e. The van der Waals surface area contributed by atoms with Gasteiger partial charge in [0.25, 0.3) is 0 Å². The average Bonchev–Trinajstić information content (AvgIpc) is 3.08. The number of hydrogen-bond acceptors (Lipinski definition) is 13. The lowest BCUT2D eigenvalue weighted by Gasteiger charge is -2.22. The largest absolute Gasteiger partial charge is 0.491 e. The fraction of sp³-hybridized carbons (Fsp3) is 0.788. The molecule has 1 aliphatic heterocycles. The molecule has 14 nitrogen and oxygen atoms in total. The van der Waals surface area contributed by atoms with E-state index in [9.17, 15) is 4.79 Å². The maximum absolute atomic E-state index is 11.0. The van der Waals surface area contributed by atoms with Crippen LogP contribution >= 0.6 is 0 Å². The molecule has 0 bridgehead atoms. The Kier molecular flexibility index (Phi) is 27.5. The topological polar surface area (TPSA) is 140 Å². The summed E-state index contributed by atoms with van der Waals surface area (Å²) in [5.74, 6) is 0.610. The molecule has 1 fully saturated rings. The quantitative estimate of drug-likeness (QED) is 0.109. The summed E-state index contributed by atoms with van der Waals surface area (Å²) in [6, 6.07) is 7.18.